The minimum absolute atomic E-state index is 0.00919. The molecule has 0 spiro atoms. The van der Waals surface area contributed by atoms with Gasteiger partial charge in [-0.15, -0.1) is 0 Å². The van der Waals surface area contributed by atoms with Crippen molar-refractivity contribution in [2.45, 2.75) is 44.8 Å². The van der Waals surface area contributed by atoms with Gasteiger partial charge in [-0.05, 0) is 50.9 Å². The number of anilines is 2. The predicted molar refractivity (Wildman–Crippen MR) is 84.1 cm³/mol. The molecule has 2 atom stereocenters. The summed E-state index contributed by atoms with van der Waals surface area (Å²) in [5.41, 5.74) is 1.26. The topological polar surface area (TPSA) is 79.5 Å². The first-order valence-electron chi connectivity index (χ1n) is 7.76. The molecule has 6 heteroatoms. The van der Waals surface area contributed by atoms with E-state index >= 15 is 0 Å². The lowest BCUT2D eigenvalue weighted by Gasteiger charge is -2.23. The van der Waals surface area contributed by atoms with E-state index in [1.165, 1.54) is 6.42 Å². The normalized spacial score (nSPS) is 23.4. The summed E-state index contributed by atoms with van der Waals surface area (Å²) in [5, 5.41) is 9.02. The van der Waals surface area contributed by atoms with E-state index < -0.39 is 6.10 Å². The Morgan fingerprint density at radius 3 is 3.09 bits per heavy atom. The number of amides is 2. The number of nitrogens with one attached hydrogen (secondary N) is 3. The molecular formula is C16H21N3O3. The molecule has 0 bridgehead atoms. The second-order valence-corrected chi connectivity index (χ2v) is 5.84. The Balaban J connectivity index is 1.57. The third-order valence-corrected chi connectivity index (χ3v) is 4.08. The van der Waals surface area contributed by atoms with Crippen LogP contribution in [0.25, 0.3) is 0 Å². The quantitative estimate of drug-likeness (QED) is 0.793. The fraction of sp³-hybridized carbons (Fsp3) is 0.500. The first-order chi connectivity index (χ1) is 10.6. The van der Waals surface area contributed by atoms with Crippen LogP contribution in [0, 0.1) is 0 Å². The summed E-state index contributed by atoms with van der Waals surface area (Å²) in [6, 6.07) is 5.74. The minimum atomic E-state index is -0.494. The van der Waals surface area contributed by atoms with Gasteiger partial charge in [0.05, 0.1) is 5.69 Å². The second-order valence-electron chi connectivity index (χ2n) is 5.84. The number of rotatable bonds is 4. The molecule has 1 aromatic carbocycles. The van der Waals surface area contributed by atoms with Crippen LogP contribution in [0.5, 0.6) is 5.75 Å². The molecule has 0 aliphatic carbocycles. The summed E-state index contributed by atoms with van der Waals surface area (Å²) in [7, 11) is 0. The number of carbonyl (C=O) groups is 2. The average molecular weight is 303 g/mol. The summed E-state index contributed by atoms with van der Waals surface area (Å²) in [5.74, 6) is 0.439. The van der Waals surface area contributed by atoms with Gasteiger partial charge in [-0.2, -0.15) is 0 Å². The zero-order valence-corrected chi connectivity index (χ0v) is 12.6. The number of hydrogen-bond acceptors (Lipinski definition) is 4. The number of hydrogen-bond donors (Lipinski definition) is 3. The Labute approximate surface area is 129 Å². The van der Waals surface area contributed by atoms with Crippen molar-refractivity contribution in [2.24, 2.45) is 0 Å². The molecule has 0 saturated carbocycles. The Morgan fingerprint density at radius 2 is 2.32 bits per heavy atom. The molecule has 3 rings (SSSR count). The van der Waals surface area contributed by atoms with Crippen molar-refractivity contribution in [3.63, 3.8) is 0 Å². The highest BCUT2D eigenvalue weighted by Crippen LogP contribution is 2.32. The maximum atomic E-state index is 12.0. The van der Waals surface area contributed by atoms with Gasteiger partial charge >= 0.3 is 0 Å². The van der Waals surface area contributed by atoms with E-state index in [9.17, 15) is 9.59 Å². The van der Waals surface area contributed by atoms with Gasteiger partial charge in [-0.1, -0.05) is 0 Å². The standard InChI is InChI=1S/C16H21N3O3/c1-10-16(21)19-13-9-12(4-6-14(13)22-10)18-15(20)7-5-11-3-2-8-17-11/h4,6,9-11,17H,2-3,5,7-8H2,1H3,(H,18,20)(H,19,21). The van der Waals surface area contributed by atoms with Crippen molar-refractivity contribution in [3.8, 4) is 5.75 Å². The van der Waals surface area contributed by atoms with E-state index in [2.05, 4.69) is 16.0 Å². The highest BCUT2D eigenvalue weighted by atomic mass is 16.5. The van der Waals surface area contributed by atoms with Crippen LogP contribution in [-0.4, -0.2) is 30.5 Å². The first kappa shape index (κ1) is 14.8. The Morgan fingerprint density at radius 1 is 1.45 bits per heavy atom. The summed E-state index contributed by atoms with van der Waals surface area (Å²) in [6.07, 6.45) is 3.19. The molecule has 2 amide bonds. The number of benzene rings is 1. The van der Waals surface area contributed by atoms with Crippen LogP contribution in [0.1, 0.15) is 32.6 Å². The van der Waals surface area contributed by atoms with E-state index in [-0.39, 0.29) is 11.8 Å². The number of carbonyl (C=O) groups excluding carboxylic acids is 2. The molecule has 2 aliphatic rings. The van der Waals surface area contributed by atoms with E-state index in [1.54, 1.807) is 25.1 Å². The molecular weight excluding hydrogens is 282 g/mol. The van der Waals surface area contributed by atoms with Crippen molar-refractivity contribution in [1.29, 1.82) is 0 Å². The fourth-order valence-electron chi connectivity index (χ4n) is 2.82. The molecule has 2 aliphatic heterocycles. The molecule has 3 N–H and O–H groups in total. The highest BCUT2D eigenvalue weighted by Gasteiger charge is 2.23. The lowest BCUT2D eigenvalue weighted by molar-refractivity contribution is -0.122. The lowest BCUT2D eigenvalue weighted by atomic mass is 10.1. The van der Waals surface area contributed by atoms with Crippen LogP contribution >= 0.6 is 0 Å². The van der Waals surface area contributed by atoms with Crippen LogP contribution < -0.4 is 20.7 Å². The van der Waals surface area contributed by atoms with Crippen molar-refractivity contribution < 1.29 is 14.3 Å². The zero-order valence-electron chi connectivity index (χ0n) is 12.6. The Kier molecular flexibility index (Phi) is 4.29. The van der Waals surface area contributed by atoms with Crippen LogP contribution in [0.2, 0.25) is 0 Å². The fourth-order valence-corrected chi connectivity index (χ4v) is 2.82. The third-order valence-electron chi connectivity index (χ3n) is 4.08. The largest absolute Gasteiger partial charge is 0.479 e. The number of fused-ring (bicyclic) bond motifs is 1. The van der Waals surface area contributed by atoms with Gasteiger partial charge in [0.2, 0.25) is 5.91 Å². The van der Waals surface area contributed by atoms with E-state index in [0.717, 1.165) is 19.4 Å². The molecule has 118 valence electrons. The molecule has 6 nitrogen and oxygen atoms in total. The SMILES string of the molecule is CC1Oc2ccc(NC(=O)CCC3CCCN3)cc2NC1=O. The molecule has 0 aromatic heterocycles. The predicted octanol–water partition coefficient (Wildman–Crippen LogP) is 1.88. The summed E-state index contributed by atoms with van der Waals surface area (Å²) >= 11 is 0. The van der Waals surface area contributed by atoms with E-state index in [0.29, 0.717) is 29.6 Å². The maximum absolute atomic E-state index is 12.0. The Bertz CT molecular complexity index is 582. The Hall–Kier alpha value is -2.08. The van der Waals surface area contributed by atoms with Crippen LogP contribution in [-0.2, 0) is 9.59 Å². The maximum Gasteiger partial charge on any atom is 0.265 e. The van der Waals surface area contributed by atoms with Gasteiger partial charge in [0.25, 0.3) is 5.91 Å². The molecule has 1 aromatic rings. The van der Waals surface area contributed by atoms with Crippen LogP contribution in [0.3, 0.4) is 0 Å². The second kappa shape index (κ2) is 6.36. The smallest absolute Gasteiger partial charge is 0.265 e. The zero-order chi connectivity index (χ0) is 15.5. The first-order valence-corrected chi connectivity index (χ1v) is 7.76. The van der Waals surface area contributed by atoms with E-state index in [4.69, 9.17) is 4.74 Å². The van der Waals surface area contributed by atoms with E-state index in [1.807, 2.05) is 0 Å². The van der Waals surface area contributed by atoms with Crippen molar-refractivity contribution >= 4 is 23.2 Å². The lowest BCUT2D eigenvalue weighted by Crippen LogP contribution is -2.34. The van der Waals surface area contributed by atoms with Crippen LogP contribution in [0.4, 0.5) is 11.4 Å². The molecule has 1 fully saturated rings. The highest BCUT2D eigenvalue weighted by molar-refractivity contribution is 5.99. The molecule has 0 radical (unpaired) electrons. The molecule has 2 unspecified atom stereocenters. The summed E-state index contributed by atoms with van der Waals surface area (Å²) in [6.45, 7) is 2.75. The molecule has 22 heavy (non-hydrogen) atoms. The van der Waals surface area contributed by atoms with Crippen molar-refractivity contribution in [1.82, 2.24) is 5.32 Å². The monoisotopic (exact) mass is 303 g/mol. The van der Waals surface area contributed by atoms with Gasteiger partial charge in [0, 0.05) is 18.2 Å². The summed E-state index contributed by atoms with van der Waals surface area (Å²) < 4.78 is 5.49. The van der Waals surface area contributed by atoms with Crippen molar-refractivity contribution in [3.05, 3.63) is 18.2 Å². The third kappa shape index (κ3) is 3.39. The van der Waals surface area contributed by atoms with Gasteiger partial charge in [-0.3, -0.25) is 9.59 Å². The van der Waals surface area contributed by atoms with Crippen molar-refractivity contribution in [2.75, 3.05) is 17.2 Å². The average Bonchev–Trinajstić information content (AvgIpc) is 3.00. The van der Waals surface area contributed by atoms with Crippen LogP contribution in [0.15, 0.2) is 18.2 Å². The number of ether oxygens (including phenoxy) is 1. The molecule has 2 heterocycles. The minimum Gasteiger partial charge on any atom is -0.479 e. The van der Waals surface area contributed by atoms with Gasteiger partial charge in [0.1, 0.15) is 5.75 Å². The van der Waals surface area contributed by atoms with Gasteiger partial charge < -0.3 is 20.7 Å². The van der Waals surface area contributed by atoms with Gasteiger partial charge in [0.15, 0.2) is 6.10 Å². The molecule has 1 saturated heterocycles. The van der Waals surface area contributed by atoms with Gasteiger partial charge in [-0.25, -0.2) is 0 Å². The summed E-state index contributed by atoms with van der Waals surface area (Å²) in [4.78, 5) is 23.6.